The number of methoxy groups -OCH3 is 2. The lowest BCUT2D eigenvalue weighted by molar-refractivity contribution is -0.114. The number of amides is 1. The Morgan fingerprint density at radius 3 is 2.29 bits per heavy atom. The van der Waals surface area contributed by atoms with Crippen LogP contribution in [0.3, 0.4) is 0 Å². The van der Waals surface area contributed by atoms with Crippen molar-refractivity contribution in [1.29, 1.82) is 0 Å². The standard InChI is InChI=1S/C26H21N5O3/c1-33-23-13-10-19(15-24(23)34-2)25-22(26(32)31(29-25)21-6-4-3-5-7-21)14-18-8-11-20(12-9-18)30-17-27-16-28-30/h3-17H,1-2H3/b22-14-. The number of hydrazone groups is 1. The fraction of sp³-hybridized carbons (Fsp3) is 0.0769. The summed E-state index contributed by atoms with van der Waals surface area (Å²) in [7, 11) is 3.16. The van der Waals surface area contributed by atoms with Crippen LogP contribution in [0.2, 0.25) is 0 Å². The molecule has 4 aromatic rings. The summed E-state index contributed by atoms with van der Waals surface area (Å²) in [6.45, 7) is 0. The lowest BCUT2D eigenvalue weighted by atomic mass is 9.99. The van der Waals surface area contributed by atoms with Gasteiger partial charge in [-0.1, -0.05) is 30.3 Å². The number of carbonyl (C=O) groups is 1. The highest BCUT2D eigenvalue weighted by Gasteiger charge is 2.32. The van der Waals surface area contributed by atoms with Crippen LogP contribution < -0.4 is 14.5 Å². The minimum Gasteiger partial charge on any atom is -0.493 e. The molecular formula is C26H21N5O3. The maximum Gasteiger partial charge on any atom is 0.281 e. The van der Waals surface area contributed by atoms with Crippen LogP contribution in [0.15, 0.2) is 96.1 Å². The van der Waals surface area contributed by atoms with Gasteiger partial charge in [-0.2, -0.15) is 15.2 Å². The third-order valence-electron chi connectivity index (χ3n) is 5.42. The molecule has 0 fully saturated rings. The number of anilines is 1. The lowest BCUT2D eigenvalue weighted by Crippen LogP contribution is -2.21. The van der Waals surface area contributed by atoms with Crippen molar-refractivity contribution < 1.29 is 14.3 Å². The summed E-state index contributed by atoms with van der Waals surface area (Å²) in [6, 6.07) is 22.5. The summed E-state index contributed by atoms with van der Waals surface area (Å²) in [4.78, 5) is 17.5. The molecule has 0 bridgehead atoms. The summed E-state index contributed by atoms with van der Waals surface area (Å²) in [5.41, 5.74) is 4.19. The zero-order valence-corrected chi connectivity index (χ0v) is 18.6. The molecule has 1 aromatic heterocycles. The second-order valence-electron chi connectivity index (χ2n) is 7.46. The van der Waals surface area contributed by atoms with Gasteiger partial charge >= 0.3 is 0 Å². The Bertz CT molecular complexity index is 1380. The Labute approximate surface area is 196 Å². The van der Waals surface area contributed by atoms with E-state index in [1.165, 1.54) is 11.3 Å². The van der Waals surface area contributed by atoms with Crippen molar-refractivity contribution >= 4 is 23.4 Å². The van der Waals surface area contributed by atoms with E-state index in [9.17, 15) is 4.79 Å². The molecule has 0 N–H and O–H groups in total. The molecule has 3 aromatic carbocycles. The molecule has 1 amide bonds. The molecule has 5 rings (SSSR count). The monoisotopic (exact) mass is 451 g/mol. The van der Waals surface area contributed by atoms with Crippen LogP contribution in [0.1, 0.15) is 11.1 Å². The van der Waals surface area contributed by atoms with E-state index in [4.69, 9.17) is 9.47 Å². The molecule has 0 unspecified atom stereocenters. The van der Waals surface area contributed by atoms with Gasteiger partial charge in [0.15, 0.2) is 11.5 Å². The zero-order chi connectivity index (χ0) is 23.5. The van der Waals surface area contributed by atoms with E-state index >= 15 is 0 Å². The first kappa shape index (κ1) is 21.1. The van der Waals surface area contributed by atoms with Gasteiger partial charge in [-0.05, 0) is 54.1 Å². The molecule has 8 nitrogen and oxygen atoms in total. The molecule has 0 saturated heterocycles. The molecule has 1 aliphatic rings. The highest BCUT2D eigenvalue weighted by atomic mass is 16.5. The van der Waals surface area contributed by atoms with Crippen molar-refractivity contribution in [2.75, 3.05) is 19.2 Å². The first-order chi connectivity index (χ1) is 16.7. The third kappa shape index (κ3) is 3.93. The van der Waals surface area contributed by atoms with Gasteiger partial charge in [0, 0.05) is 5.56 Å². The van der Waals surface area contributed by atoms with Gasteiger partial charge < -0.3 is 9.47 Å². The van der Waals surface area contributed by atoms with Crippen LogP contribution in [0, 0.1) is 0 Å². The Morgan fingerprint density at radius 1 is 0.853 bits per heavy atom. The number of ether oxygens (including phenoxy) is 2. The molecule has 0 aliphatic carbocycles. The van der Waals surface area contributed by atoms with Gasteiger partial charge in [-0.25, -0.2) is 9.67 Å². The zero-order valence-electron chi connectivity index (χ0n) is 18.6. The van der Waals surface area contributed by atoms with Gasteiger partial charge in [0.25, 0.3) is 5.91 Å². The number of para-hydroxylation sites is 1. The van der Waals surface area contributed by atoms with Crippen molar-refractivity contribution in [3.8, 4) is 17.2 Å². The second-order valence-corrected chi connectivity index (χ2v) is 7.46. The van der Waals surface area contributed by atoms with Gasteiger partial charge in [-0.15, -0.1) is 0 Å². The molecule has 0 saturated carbocycles. The largest absolute Gasteiger partial charge is 0.493 e. The summed E-state index contributed by atoms with van der Waals surface area (Å²) >= 11 is 0. The first-order valence-corrected chi connectivity index (χ1v) is 10.6. The van der Waals surface area contributed by atoms with E-state index in [-0.39, 0.29) is 5.91 Å². The molecular weight excluding hydrogens is 430 g/mol. The Morgan fingerprint density at radius 2 is 1.62 bits per heavy atom. The number of rotatable bonds is 6. The van der Waals surface area contributed by atoms with Crippen LogP contribution in [-0.4, -0.2) is 40.6 Å². The number of nitrogens with zero attached hydrogens (tertiary/aromatic N) is 5. The van der Waals surface area contributed by atoms with Gasteiger partial charge in [0.1, 0.15) is 18.4 Å². The number of hydrogen-bond acceptors (Lipinski definition) is 6. The van der Waals surface area contributed by atoms with Crippen molar-refractivity contribution in [1.82, 2.24) is 14.8 Å². The van der Waals surface area contributed by atoms with E-state index in [0.29, 0.717) is 28.5 Å². The van der Waals surface area contributed by atoms with Crippen LogP contribution in [-0.2, 0) is 4.79 Å². The fourth-order valence-corrected chi connectivity index (χ4v) is 3.72. The molecule has 168 valence electrons. The van der Waals surface area contributed by atoms with Crippen molar-refractivity contribution in [2.45, 2.75) is 0 Å². The highest BCUT2D eigenvalue weighted by molar-refractivity contribution is 6.37. The summed E-state index contributed by atoms with van der Waals surface area (Å²) in [5.74, 6) is 0.950. The average molecular weight is 451 g/mol. The van der Waals surface area contributed by atoms with Crippen molar-refractivity contribution in [3.05, 3.63) is 102 Å². The number of aromatic nitrogens is 3. The quantitative estimate of drug-likeness (QED) is 0.412. The van der Waals surface area contributed by atoms with Crippen LogP contribution in [0.4, 0.5) is 5.69 Å². The van der Waals surface area contributed by atoms with Gasteiger partial charge in [0.05, 0.1) is 31.2 Å². The van der Waals surface area contributed by atoms with Crippen LogP contribution >= 0.6 is 0 Å². The minimum absolute atomic E-state index is 0.212. The summed E-state index contributed by atoms with van der Waals surface area (Å²) in [5, 5.41) is 10.3. The minimum atomic E-state index is -0.212. The second kappa shape index (κ2) is 9.03. The van der Waals surface area contributed by atoms with E-state index in [1.54, 1.807) is 31.3 Å². The fourth-order valence-electron chi connectivity index (χ4n) is 3.72. The lowest BCUT2D eigenvalue weighted by Gasteiger charge is -2.10. The predicted molar refractivity (Wildman–Crippen MR) is 129 cm³/mol. The third-order valence-corrected chi connectivity index (χ3v) is 5.42. The van der Waals surface area contributed by atoms with Crippen LogP contribution in [0.25, 0.3) is 11.8 Å². The van der Waals surface area contributed by atoms with E-state index in [0.717, 1.165) is 16.8 Å². The first-order valence-electron chi connectivity index (χ1n) is 10.6. The van der Waals surface area contributed by atoms with Crippen molar-refractivity contribution in [3.63, 3.8) is 0 Å². The molecule has 8 heteroatoms. The maximum absolute atomic E-state index is 13.5. The number of benzene rings is 3. The summed E-state index contributed by atoms with van der Waals surface area (Å²) < 4.78 is 12.5. The van der Waals surface area contributed by atoms with Crippen molar-refractivity contribution in [2.24, 2.45) is 5.10 Å². The Hall–Kier alpha value is -4.72. The van der Waals surface area contributed by atoms with E-state index in [2.05, 4.69) is 15.2 Å². The maximum atomic E-state index is 13.5. The summed E-state index contributed by atoms with van der Waals surface area (Å²) in [6.07, 6.45) is 4.95. The normalized spacial score (nSPS) is 14.4. The molecule has 0 atom stereocenters. The smallest absolute Gasteiger partial charge is 0.281 e. The SMILES string of the molecule is COc1ccc(C2=NN(c3ccccc3)C(=O)/C2=C\c2ccc(-n3cncn3)cc2)cc1OC. The Kier molecular flexibility index (Phi) is 5.61. The van der Waals surface area contributed by atoms with Gasteiger partial charge in [0.2, 0.25) is 0 Å². The van der Waals surface area contributed by atoms with E-state index < -0.39 is 0 Å². The molecule has 0 radical (unpaired) electrons. The Balaban J connectivity index is 1.58. The average Bonchev–Trinajstić information content (AvgIpc) is 3.54. The molecule has 2 heterocycles. The topological polar surface area (TPSA) is 81.8 Å². The molecule has 34 heavy (non-hydrogen) atoms. The number of hydrogen-bond donors (Lipinski definition) is 0. The van der Waals surface area contributed by atoms with Gasteiger partial charge in [-0.3, -0.25) is 4.79 Å². The van der Waals surface area contributed by atoms with E-state index in [1.807, 2.05) is 72.8 Å². The molecule has 1 aliphatic heterocycles. The van der Waals surface area contributed by atoms with Crippen LogP contribution in [0.5, 0.6) is 11.5 Å². The predicted octanol–water partition coefficient (Wildman–Crippen LogP) is 4.12. The highest BCUT2D eigenvalue weighted by Crippen LogP contribution is 2.32. The number of carbonyl (C=O) groups excluding carboxylic acids is 1. The molecule has 0 spiro atoms.